The normalized spacial score (nSPS) is 14.4. The second-order valence-corrected chi connectivity index (χ2v) is 16.2. The molecular weight excluding hydrogens is 683 g/mol. The van der Waals surface area contributed by atoms with Crippen molar-refractivity contribution in [3.8, 4) is 62.2 Å². The first-order valence-electron chi connectivity index (χ1n) is 19.4. The van der Waals surface area contributed by atoms with E-state index in [2.05, 4.69) is 141 Å². The van der Waals surface area contributed by atoms with Crippen LogP contribution < -0.4 is 4.74 Å². The van der Waals surface area contributed by atoms with E-state index in [4.69, 9.17) is 14.7 Å². The lowest BCUT2D eigenvalue weighted by Crippen LogP contribution is -2.15. The minimum Gasteiger partial charge on any atom is -0.422 e. The number of aromatic nitrogens is 3. The molecule has 2 aromatic heterocycles. The number of nitrogens with zero attached hydrogens (tertiary/aromatic N) is 3. The smallest absolute Gasteiger partial charge is 0.323 e. The quantitative estimate of drug-likeness (QED) is 0.178. The van der Waals surface area contributed by atoms with E-state index in [0.29, 0.717) is 11.8 Å². The molecule has 0 saturated carbocycles. The van der Waals surface area contributed by atoms with Crippen molar-refractivity contribution in [1.29, 1.82) is 0 Å². The summed E-state index contributed by atoms with van der Waals surface area (Å²) >= 11 is 0. The molecule has 2 aliphatic rings. The van der Waals surface area contributed by atoms with Crippen molar-refractivity contribution < 1.29 is 4.74 Å². The van der Waals surface area contributed by atoms with Crippen molar-refractivity contribution >= 4 is 21.8 Å². The summed E-state index contributed by atoms with van der Waals surface area (Å²) in [6.45, 7) is 9.40. The summed E-state index contributed by atoms with van der Waals surface area (Å²) in [5.41, 5.74) is 17.2. The van der Waals surface area contributed by atoms with Gasteiger partial charge in [0.05, 0.1) is 28.1 Å². The van der Waals surface area contributed by atoms with Crippen molar-refractivity contribution in [2.75, 3.05) is 0 Å². The van der Waals surface area contributed by atoms with Crippen LogP contribution in [0.1, 0.15) is 49.9 Å². The van der Waals surface area contributed by atoms with Crippen LogP contribution in [0.3, 0.4) is 0 Å². The van der Waals surface area contributed by atoms with Gasteiger partial charge in [0.15, 0.2) is 5.75 Å². The molecule has 0 amide bonds. The molecule has 0 bridgehead atoms. The van der Waals surface area contributed by atoms with Gasteiger partial charge in [-0.25, -0.2) is 0 Å². The maximum Gasteiger partial charge on any atom is 0.323 e. The molecule has 2 aliphatic carbocycles. The van der Waals surface area contributed by atoms with E-state index in [9.17, 15) is 0 Å². The van der Waals surface area contributed by atoms with Crippen LogP contribution in [-0.2, 0) is 10.8 Å². The molecule has 0 N–H and O–H groups in total. The van der Waals surface area contributed by atoms with Crippen LogP contribution >= 0.6 is 0 Å². The predicted molar refractivity (Wildman–Crippen MR) is 229 cm³/mol. The molecule has 0 unspecified atom stereocenters. The molecule has 2 heterocycles. The maximum atomic E-state index is 6.88. The summed E-state index contributed by atoms with van der Waals surface area (Å²) in [5, 5.41) is 2.44. The molecule has 0 fully saturated rings. The largest absolute Gasteiger partial charge is 0.422 e. The second-order valence-electron chi connectivity index (χ2n) is 16.2. The van der Waals surface area contributed by atoms with Gasteiger partial charge in [0.1, 0.15) is 0 Å². The van der Waals surface area contributed by atoms with Crippen LogP contribution in [0.2, 0.25) is 0 Å². The minimum atomic E-state index is -0.153. The summed E-state index contributed by atoms with van der Waals surface area (Å²) in [5.74, 6) is 0.682. The van der Waals surface area contributed by atoms with Crippen molar-refractivity contribution in [2.24, 2.45) is 0 Å². The highest BCUT2D eigenvalue weighted by Gasteiger charge is 2.38. The van der Waals surface area contributed by atoms with E-state index in [-0.39, 0.29) is 10.8 Å². The average molecular weight is 722 g/mol. The molecule has 4 heteroatoms. The number of hydrogen-bond donors (Lipinski definition) is 0. The SMILES string of the molecule is CC1(C)c2ccccc2-c2cc3c4cc5c(cc4n(-c4ccccc4Oc4nc(-c6ccccc6)cc(-c6ccccc6)n4)c3cc21)C(C)(C)c1ccccc1-5. The fraction of sp³-hybridized carbons (Fsp3) is 0.115. The lowest BCUT2D eigenvalue weighted by Gasteiger charge is -2.22. The highest BCUT2D eigenvalue weighted by molar-refractivity contribution is 6.14. The lowest BCUT2D eigenvalue weighted by atomic mass is 9.82. The Balaban J connectivity index is 1.17. The fourth-order valence-electron chi connectivity index (χ4n) is 9.47. The highest BCUT2D eigenvalue weighted by Crippen LogP contribution is 2.54. The average Bonchev–Trinajstić information content (AvgIpc) is 3.76. The number of benzene rings is 7. The predicted octanol–water partition coefficient (Wildman–Crippen LogP) is 13.3. The molecule has 268 valence electrons. The summed E-state index contributed by atoms with van der Waals surface area (Å²) in [7, 11) is 0. The van der Waals surface area contributed by atoms with Gasteiger partial charge in [0.2, 0.25) is 0 Å². The van der Waals surface area contributed by atoms with Gasteiger partial charge in [-0.15, -0.1) is 0 Å². The minimum absolute atomic E-state index is 0.153. The molecule has 4 nitrogen and oxygen atoms in total. The Morgan fingerprint density at radius 2 is 0.875 bits per heavy atom. The van der Waals surface area contributed by atoms with Gasteiger partial charge >= 0.3 is 6.01 Å². The van der Waals surface area contributed by atoms with E-state index in [0.717, 1.165) is 39.2 Å². The van der Waals surface area contributed by atoms with Crippen LogP contribution in [0, 0.1) is 0 Å². The monoisotopic (exact) mass is 721 g/mol. The second kappa shape index (κ2) is 11.9. The number of ether oxygens (including phenoxy) is 1. The van der Waals surface area contributed by atoms with Crippen LogP contribution in [-0.4, -0.2) is 14.5 Å². The van der Waals surface area contributed by atoms with Crippen LogP contribution in [0.25, 0.3) is 72.3 Å². The summed E-state index contributed by atoms with van der Waals surface area (Å²) in [6, 6.07) is 58.7. The molecule has 0 radical (unpaired) electrons. The Bertz CT molecular complexity index is 2870. The van der Waals surface area contributed by atoms with E-state index in [1.807, 2.05) is 54.6 Å². The van der Waals surface area contributed by atoms with E-state index >= 15 is 0 Å². The number of rotatable bonds is 5. The van der Waals surface area contributed by atoms with E-state index in [1.54, 1.807) is 0 Å². The standard InChI is InChI=1S/C52H39N3O/c1-51(2)40-23-13-11-21-34(40)36-27-38-39-28-37-35-22-12-14-24-41(35)52(3,4)43(37)30-48(39)55(47(38)29-42(36)51)46-25-15-16-26-49(46)56-50-53-44(32-17-7-5-8-18-32)31-45(54-50)33-19-9-6-10-20-33/h5-31H,1-4H3. The van der Waals surface area contributed by atoms with Crippen molar-refractivity contribution in [1.82, 2.24) is 14.5 Å². The van der Waals surface area contributed by atoms with Crippen molar-refractivity contribution in [2.45, 2.75) is 38.5 Å². The van der Waals surface area contributed by atoms with Gasteiger partial charge in [-0.2, -0.15) is 9.97 Å². The Morgan fingerprint density at radius 1 is 0.429 bits per heavy atom. The summed E-state index contributed by atoms with van der Waals surface area (Å²) in [4.78, 5) is 10.0. The van der Waals surface area contributed by atoms with Gasteiger partial charge in [0.25, 0.3) is 0 Å². The van der Waals surface area contributed by atoms with Crippen LogP contribution in [0.4, 0.5) is 0 Å². The lowest BCUT2D eigenvalue weighted by molar-refractivity contribution is 0.442. The third-order valence-corrected chi connectivity index (χ3v) is 12.3. The Kier molecular flexibility index (Phi) is 6.91. The maximum absolute atomic E-state index is 6.88. The molecule has 56 heavy (non-hydrogen) atoms. The zero-order chi connectivity index (χ0) is 37.8. The zero-order valence-corrected chi connectivity index (χ0v) is 31.8. The van der Waals surface area contributed by atoms with Crippen LogP contribution in [0.5, 0.6) is 11.8 Å². The molecule has 9 aromatic rings. The molecular formula is C52H39N3O. The van der Waals surface area contributed by atoms with Crippen LogP contribution in [0.15, 0.2) is 164 Å². The Morgan fingerprint density at radius 3 is 1.39 bits per heavy atom. The molecule has 0 aliphatic heterocycles. The highest BCUT2D eigenvalue weighted by atomic mass is 16.5. The number of fused-ring (bicyclic) bond motifs is 9. The molecule has 7 aromatic carbocycles. The van der Waals surface area contributed by atoms with Gasteiger partial charge in [-0.3, -0.25) is 0 Å². The van der Waals surface area contributed by atoms with E-state index in [1.165, 1.54) is 55.3 Å². The Hall–Kier alpha value is -6.78. The van der Waals surface area contributed by atoms with Crippen molar-refractivity contribution in [3.05, 3.63) is 186 Å². The Labute approximate surface area is 326 Å². The summed E-state index contributed by atoms with van der Waals surface area (Å²) in [6.07, 6.45) is 0. The third-order valence-electron chi connectivity index (χ3n) is 12.3. The fourth-order valence-corrected chi connectivity index (χ4v) is 9.47. The first-order chi connectivity index (χ1) is 27.3. The third kappa shape index (κ3) is 4.72. The molecule has 0 atom stereocenters. The molecule has 0 saturated heterocycles. The first-order valence-corrected chi connectivity index (χ1v) is 19.4. The van der Waals surface area contributed by atoms with Gasteiger partial charge < -0.3 is 9.30 Å². The van der Waals surface area contributed by atoms with E-state index < -0.39 is 0 Å². The molecule has 11 rings (SSSR count). The summed E-state index contributed by atoms with van der Waals surface area (Å²) < 4.78 is 9.30. The number of hydrogen-bond acceptors (Lipinski definition) is 3. The first kappa shape index (κ1) is 32.6. The zero-order valence-electron chi connectivity index (χ0n) is 31.8. The molecule has 0 spiro atoms. The van der Waals surface area contributed by atoms with Gasteiger partial charge in [-0.05, 0) is 87.0 Å². The topological polar surface area (TPSA) is 39.9 Å². The van der Waals surface area contributed by atoms with Gasteiger partial charge in [-0.1, -0.05) is 149 Å². The van der Waals surface area contributed by atoms with Gasteiger partial charge in [0, 0.05) is 32.7 Å². The number of para-hydroxylation sites is 2. The van der Waals surface area contributed by atoms with Crippen molar-refractivity contribution in [3.63, 3.8) is 0 Å².